The maximum Gasteiger partial charge on any atom is 0.191 e. The molecule has 26 heavy (non-hydrogen) atoms. The number of thiazole rings is 1. The van der Waals surface area contributed by atoms with Gasteiger partial charge in [-0.15, -0.1) is 22.7 Å². The molecule has 3 rings (SSSR count). The predicted molar refractivity (Wildman–Crippen MR) is 113 cm³/mol. The van der Waals surface area contributed by atoms with Crippen LogP contribution in [0.15, 0.2) is 52.8 Å². The van der Waals surface area contributed by atoms with Gasteiger partial charge in [-0.3, -0.25) is 4.99 Å². The molecule has 4 nitrogen and oxygen atoms in total. The molecule has 0 amide bonds. The molecule has 0 fully saturated rings. The van der Waals surface area contributed by atoms with E-state index in [4.69, 9.17) is 4.98 Å². The van der Waals surface area contributed by atoms with E-state index in [1.165, 1.54) is 9.75 Å². The van der Waals surface area contributed by atoms with Gasteiger partial charge >= 0.3 is 0 Å². The van der Waals surface area contributed by atoms with E-state index in [9.17, 15) is 0 Å². The van der Waals surface area contributed by atoms with E-state index in [1.807, 2.05) is 29.5 Å². The van der Waals surface area contributed by atoms with Gasteiger partial charge in [-0.25, -0.2) is 4.98 Å². The summed E-state index contributed by atoms with van der Waals surface area (Å²) in [7, 11) is 1.80. The van der Waals surface area contributed by atoms with Crippen molar-refractivity contribution in [2.45, 2.75) is 32.9 Å². The molecule has 2 aromatic heterocycles. The first kappa shape index (κ1) is 18.6. The molecule has 136 valence electrons. The molecule has 3 aromatic rings. The highest BCUT2D eigenvalue weighted by Gasteiger charge is 2.09. The predicted octanol–water partition coefficient (Wildman–Crippen LogP) is 4.48. The Morgan fingerprint density at radius 1 is 1.19 bits per heavy atom. The van der Waals surface area contributed by atoms with Crippen molar-refractivity contribution >= 4 is 28.6 Å². The van der Waals surface area contributed by atoms with Crippen molar-refractivity contribution in [3.05, 3.63) is 63.3 Å². The van der Waals surface area contributed by atoms with E-state index in [1.54, 1.807) is 18.4 Å². The number of guanidine groups is 1. The maximum absolute atomic E-state index is 4.71. The van der Waals surface area contributed by atoms with E-state index in [2.05, 4.69) is 59.1 Å². The number of aliphatic imine (C=N–C) groups is 1. The molecule has 0 spiro atoms. The molecule has 1 aromatic carbocycles. The zero-order valence-electron chi connectivity index (χ0n) is 15.3. The first-order valence-electron chi connectivity index (χ1n) is 8.66. The van der Waals surface area contributed by atoms with Gasteiger partial charge in [-0.05, 0) is 26.0 Å². The van der Waals surface area contributed by atoms with Crippen LogP contribution in [0.25, 0.3) is 10.6 Å². The number of nitrogens with one attached hydrogen (secondary N) is 2. The molecule has 0 aliphatic heterocycles. The molecule has 0 aliphatic carbocycles. The van der Waals surface area contributed by atoms with Crippen LogP contribution >= 0.6 is 22.7 Å². The summed E-state index contributed by atoms with van der Waals surface area (Å²) in [5.41, 5.74) is 2.18. The Balaban J connectivity index is 1.52. The molecule has 2 heterocycles. The van der Waals surface area contributed by atoms with Crippen LogP contribution < -0.4 is 10.6 Å². The number of hydrogen-bond acceptors (Lipinski definition) is 4. The second kappa shape index (κ2) is 8.96. The summed E-state index contributed by atoms with van der Waals surface area (Å²) in [6.07, 6.45) is 0.994. The fourth-order valence-electron chi connectivity index (χ4n) is 2.65. The molecule has 0 bridgehead atoms. The number of thiophene rings is 1. The van der Waals surface area contributed by atoms with Crippen LogP contribution in [0.4, 0.5) is 0 Å². The van der Waals surface area contributed by atoms with Crippen molar-refractivity contribution in [1.82, 2.24) is 15.6 Å². The minimum Gasteiger partial charge on any atom is -0.354 e. The van der Waals surface area contributed by atoms with Crippen LogP contribution in [0.5, 0.6) is 0 Å². The molecule has 1 atom stereocenters. The van der Waals surface area contributed by atoms with Crippen LogP contribution in [-0.4, -0.2) is 24.0 Å². The first-order chi connectivity index (χ1) is 12.6. The van der Waals surface area contributed by atoms with Crippen molar-refractivity contribution in [2.24, 2.45) is 4.99 Å². The molecule has 0 saturated carbocycles. The van der Waals surface area contributed by atoms with Gasteiger partial charge in [0.05, 0.1) is 12.2 Å². The van der Waals surface area contributed by atoms with E-state index in [0.29, 0.717) is 12.6 Å². The molecule has 1 unspecified atom stereocenters. The van der Waals surface area contributed by atoms with E-state index < -0.39 is 0 Å². The lowest BCUT2D eigenvalue weighted by Gasteiger charge is -2.17. The largest absolute Gasteiger partial charge is 0.354 e. The second-order valence-electron chi connectivity index (χ2n) is 6.20. The minimum atomic E-state index is 0.314. The summed E-state index contributed by atoms with van der Waals surface area (Å²) in [6, 6.07) is 15.0. The van der Waals surface area contributed by atoms with Gasteiger partial charge in [0.15, 0.2) is 5.96 Å². The topological polar surface area (TPSA) is 49.3 Å². The SMILES string of the molecule is CN=C(NCc1csc(-c2ccccc2)n1)NC(C)Cc1ccc(C)s1. The summed E-state index contributed by atoms with van der Waals surface area (Å²) < 4.78 is 0. The van der Waals surface area contributed by atoms with Crippen molar-refractivity contribution < 1.29 is 0 Å². The number of benzene rings is 1. The molecule has 0 radical (unpaired) electrons. The van der Waals surface area contributed by atoms with E-state index in [-0.39, 0.29) is 0 Å². The smallest absolute Gasteiger partial charge is 0.191 e. The Morgan fingerprint density at radius 2 is 2.00 bits per heavy atom. The van der Waals surface area contributed by atoms with Gasteiger partial charge in [0.2, 0.25) is 0 Å². The second-order valence-corrected chi connectivity index (χ2v) is 8.43. The molecule has 2 N–H and O–H groups in total. The Hall–Kier alpha value is -2.18. The Labute approximate surface area is 163 Å². The quantitative estimate of drug-likeness (QED) is 0.487. The van der Waals surface area contributed by atoms with Crippen LogP contribution in [0, 0.1) is 6.92 Å². The minimum absolute atomic E-state index is 0.314. The lowest BCUT2D eigenvalue weighted by Crippen LogP contribution is -2.42. The maximum atomic E-state index is 4.71. The van der Waals surface area contributed by atoms with Crippen LogP contribution in [-0.2, 0) is 13.0 Å². The number of nitrogens with zero attached hydrogens (tertiary/aromatic N) is 2. The third kappa shape index (κ3) is 5.16. The normalized spacial score (nSPS) is 12.8. The van der Waals surface area contributed by atoms with E-state index in [0.717, 1.165) is 28.6 Å². The molecule has 6 heteroatoms. The Morgan fingerprint density at radius 3 is 2.69 bits per heavy atom. The zero-order chi connectivity index (χ0) is 18.4. The lowest BCUT2D eigenvalue weighted by molar-refractivity contribution is 0.644. The van der Waals surface area contributed by atoms with E-state index >= 15 is 0 Å². The van der Waals surface area contributed by atoms with Gasteiger partial charge in [0, 0.05) is 40.2 Å². The zero-order valence-corrected chi connectivity index (χ0v) is 17.0. The molecule has 0 aliphatic rings. The highest BCUT2D eigenvalue weighted by Crippen LogP contribution is 2.23. The Kier molecular flexibility index (Phi) is 6.41. The van der Waals surface area contributed by atoms with Crippen LogP contribution in [0.1, 0.15) is 22.4 Å². The average molecular weight is 385 g/mol. The van der Waals surface area contributed by atoms with Crippen LogP contribution in [0.2, 0.25) is 0 Å². The highest BCUT2D eigenvalue weighted by molar-refractivity contribution is 7.13. The highest BCUT2D eigenvalue weighted by atomic mass is 32.1. The van der Waals surface area contributed by atoms with Crippen molar-refractivity contribution in [3.63, 3.8) is 0 Å². The lowest BCUT2D eigenvalue weighted by atomic mass is 10.2. The molecule has 0 saturated heterocycles. The Bertz CT molecular complexity index is 852. The first-order valence-corrected chi connectivity index (χ1v) is 10.4. The van der Waals surface area contributed by atoms with Gasteiger partial charge in [-0.2, -0.15) is 0 Å². The molecular formula is C20H24N4S2. The van der Waals surface area contributed by atoms with Crippen molar-refractivity contribution in [1.29, 1.82) is 0 Å². The molecular weight excluding hydrogens is 360 g/mol. The summed E-state index contributed by atoms with van der Waals surface area (Å²) in [6.45, 7) is 4.98. The summed E-state index contributed by atoms with van der Waals surface area (Å²) >= 11 is 3.52. The fourth-order valence-corrected chi connectivity index (χ4v) is 4.50. The monoisotopic (exact) mass is 384 g/mol. The van der Waals surface area contributed by atoms with Gasteiger partial charge in [-0.1, -0.05) is 30.3 Å². The van der Waals surface area contributed by atoms with Crippen molar-refractivity contribution in [3.8, 4) is 10.6 Å². The number of rotatable bonds is 6. The van der Waals surface area contributed by atoms with Gasteiger partial charge in [0.1, 0.15) is 5.01 Å². The van der Waals surface area contributed by atoms with Gasteiger partial charge < -0.3 is 10.6 Å². The van der Waals surface area contributed by atoms with Crippen LogP contribution in [0.3, 0.4) is 0 Å². The fraction of sp³-hybridized carbons (Fsp3) is 0.300. The summed E-state index contributed by atoms with van der Waals surface area (Å²) in [5.74, 6) is 0.806. The van der Waals surface area contributed by atoms with Gasteiger partial charge in [0.25, 0.3) is 0 Å². The summed E-state index contributed by atoms with van der Waals surface area (Å²) in [5, 5.41) is 9.96. The standard InChI is InChI=1S/C20H24N4S2/c1-14(11-18-10-9-15(2)26-18)23-20(21-3)22-12-17-13-25-19(24-17)16-7-5-4-6-8-16/h4-10,13-14H,11-12H2,1-3H3,(H2,21,22,23). The summed E-state index contributed by atoms with van der Waals surface area (Å²) in [4.78, 5) is 11.8. The number of aryl methyl sites for hydroxylation is 1. The third-order valence-corrected chi connectivity index (χ3v) is 5.88. The number of hydrogen-bond donors (Lipinski definition) is 2. The average Bonchev–Trinajstić information content (AvgIpc) is 3.28. The number of aromatic nitrogens is 1. The third-order valence-electron chi connectivity index (χ3n) is 3.92. The van der Waals surface area contributed by atoms with Crippen molar-refractivity contribution in [2.75, 3.05) is 7.05 Å².